The van der Waals surface area contributed by atoms with Gasteiger partial charge in [-0.15, -0.1) is 24.0 Å². The molecule has 0 spiro atoms. The van der Waals surface area contributed by atoms with Crippen LogP contribution in [-0.2, 0) is 13.1 Å². The fourth-order valence-corrected chi connectivity index (χ4v) is 3.16. The van der Waals surface area contributed by atoms with Crippen LogP contribution in [0.15, 0.2) is 41.7 Å². The average molecular weight is 526 g/mol. The first-order chi connectivity index (χ1) is 13.4. The van der Waals surface area contributed by atoms with E-state index in [1.807, 2.05) is 4.90 Å². The lowest BCUT2D eigenvalue weighted by Crippen LogP contribution is -2.52. The standard InChI is InChI=1S/C18H22F4N6.HI/c1-23-17(25-12-16-24-6-7-28(16)13-18(20,21)22)27-10-8-26(9-11-27)15-4-2-14(19)3-5-15;/h2-7H,8-13H2,1H3,(H,23,25);1H. The number of aromatic nitrogens is 2. The predicted octanol–water partition coefficient (Wildman–Crippen LogP) is 3.10. The number of benzene rings is 1. The number of imidazole rings is 1. The van der Waals surface area contributed by atoms with Gasteiger partial charge < -0.3 is 19.7 Å². The lowest BCUT2D eigenvalue weighted by Gasteiger charge is -2.37. The maximum atomic E-state index is 13.1. The quantitative estimate of drug-likeness (QED) is 0.288. The van der Waals surface area contributed by atoms with E-state index in [2.05, 4.69) is 20.2 Å². The molecule has 0 saturated carbocycles. The van der Waals surface area contributed by atoms with Crippen molar-refractivity contribution in [1.29, 1.82) is 0 Å². The Labute approximate surface area is 183 Å². The van der Waals surface area contributed by atoms with E-state index in [4.69, 9.17) is 0 Å². The van der Waals surface area contributed by atoms with E-state index in [-0.39, 0.29) is 36.3 Å². The van der Waals surface area contributed by atoms with E-state index >= 15 is 0 Å². The van der Waals surface area contributed by atoms with Gasteiger partial charge in [0.05, 0.1) is 6.54 Å². The smallest absolute Gasteiger partial charge is 0.368 e. The van der Waals surface area contributed by atoms with Crippen LogP contribution in [0.4, 0.5) is 23.2 Å². The van der Waals surface area contributed by atoms with Gasteiger partial charge in [0.25, 0.3) is 0 Å². The number of hydrogen-bond donors (Lipinski definition) is 1. The van der Waals surface area contributed by atoms with Gasteiger partial charge >= 0.3 is 6.18 Å². The van der Waals surface area contributed by atoms with Crippen LogP contribution in [0.3, 0.4) is 0 Å². The Kier molecular flexibility index (Phi) is 8.11. The van der Waals surface area contributed by atoms with Crippen molar-refractivity contribution in [2.45, 2.75) is 19.3 Å². The number of piperazine rings is 1. The normalized spacial score (nSPS) is 15.3. The van der Waals surface area contributed by atoms with Crippen molar-refractivity contribution in [3.05, 3.63) is 48.3 Å². The number of halogens is 5. The Hall–Kier alpha value is -2.05. The van der Waals surface area contributed by atoms with Gasteiger partial charge in [-0.05, 0) is 24.3 Å². The third-order valence-electron chi connectivity index (χ3n) is 4.54. The van der Waals surface area contributed by atoms with Crippen LogP contribution in [0.5, 0.6) is 0 Å². The molecule has 6 nitrogen and oxygen atoms in total. The number of alkyl halides is 3. The van der Waals surface area contributed by atoms with Gasteiger partial charge in [-0.1, -0.05) is 0 Å². The van der Waals surface area contributed by atoms with Crippen LogP contribution >= 0.6 is 24.0 Å². The summed E-state index contributed by atoms with van der Waals surface area (Å²) < 4.78 is 52.0. The van der Waals surface area contributed by atoms with Crippen molar-refractivity contribution >= 4 is 35.6 Å². The molecule has 2 aromatic rings. The van der Waals surface area contributed by atoms with Gasteiger partial charge in [0.2, 0.25) is 0 Å². The zero-order valence-electron chi connectivity index (χ0n) is 15.9. The predicted molar refractivity (Wildman–Crippen MR) is 114 cm³/mol. The molecular weight excluding hydrogens is 503 g/mol. The molecule has 1 aromatic heterocycles. The van der Waals surface area contributed by atoms with Crippen LogP contribution in [0.25, 0.3) is 0 Å². The van der Waals surface area contributed by atoms with Gasteiger partial charge in [-0.2, -0.15) is 13.2 Å². The van der Waals surface area contributed by atoms with Gasteiger partial charge in [0.15, 0.2) is 5.96 Å². The number of anilines is 1. The van der Waals surface area contributed by atoms with E-state index in [1.54, 1.807) is 19.2 Å². The number of nitrogens with zero attached hydrogens (tertiary/aromatic N) is 5. The topological polar surface area (TPSA) is 48.7 Å². The minimum atomic E-state index is -4.30. The number of rotatable bonds is 4. The van der Waals surface area contributed by atoms with Crippen molar-refractivity contribution in [2.75, 3.05) is 38.1 Å². The van der Waals surface area contributed by atoms with E-state index in [0.717, 1.165) is 23.3 Å². The molecule has 1 aliphatic rings. The second kappa shape index (κ2) is 10.1. The van der Waals surface area contributed by atoms with E-state index in [1.165, 1.54) is 24.5 Å². The lowest BCUT2D eigenvalue weighted by molar-refractivity contribution is -0.141. The summed E-state index contributed by atoms with van der Waals surface area (Å²) in [4.78, 5) is 12.4. The zero-order valence-corrected chi connectivity index (χ0v) is 18.2. The van der Waals surface area contributed by atoms with Crippen molar-refractivity contribution in [3.63, 3.8) is 0 Å². The molecule has 2 heterocycles. The van der Waals surface area contributed by atoms with Crippen LogP contribution in [-0.4, -0.2) is 59.8 Å². The minimum absolute atomic E-state index is 0. The maximum absolute atomic E-state index is 13.1. The summed E-state index contributed by atoms with van der Waals surface area (Å²) in [6.07, 6.45) is -1.63. The van der Waals surface area contributed by atoms with Gasteiger partial charge in [-0.25, -0.2) is 9.37 Å². The Morgan fingerprint density at radius 3 is 2.38 bits per heavy atom. The molecule has 0 bridgehead atoms. The van der Waals surface area contributed by atoms with Crippen molar-refractivity contribution in [2.24, 2.45) is 4.99 Å². The third kappa shape index (κ3) is 6.47. The second-order valence-corrected chi connectivity index (χ2v) is 6.44. The molecule has 1 aliphatic heterocycles. The molecule has 1 N–H and O–H groups in total. The molecular formula is C18H23F4IN6. The second-order valence-electron chi connectivity index (χ2n) is 6.44. The van der Waals surface area contributed by atoms with E-state index in [0.29, 0.717) is 24.9 Å². The first-order valence-electron chi connectivity index (χ1n) is 8.88. The highest BCUT2D eigenvalue weighted by atomic mass is 127. The molecule has 1 fully saturated rings. The molecule has 3 rings (SSSR count). The Balaban J connectivity index is 0.00000300. The highest BCUT2D eigenvalue weighted by Gasteiger charge is 2.29. The molecule has 0 radical (unpaired) electrons. The molecule has 11 heteroatoms. The van der Waals surface area contributed by atoms with Crippen LogP contribution in [0.2, 0.25) is 0 Å². The molecule has 0 amide bonds. The maximum Gasteiger partial charge on any atom is 0.406 e. The summed E-state index contributed by atoms with van der Waals surface area (Å²) in [7, 11) is 1.64. The Morgan fingerprint density at radius 1 is 1.14 bits per heavy atom. The van der Waals surface area contributed by atoms with Crippen molar-refractivity contribution in [3.8, 4) is 0 Å². The van der Waals surface area contributed by atoms with E-state index < -0.39 is 12.7 Å². The number of hydrogen-bond acceptors (Lipinski definition) is 3. The van der Waals surface area contributed by atoms with Crippen LogP contribution in [0.1, 0.15) is 5.82 Å². The first-order valence-corrected chi connectivity index (χ1v) is 8.88. The fraction of sp³-hybridized carbons (Fsp3) is 0.444. The minimum Gasteiger partial charge on any atom is -0.368 e. The largest absolute Gasteiger partial charge is 0.406 e. The third-order valence-corrected chi connectivity index (χ3v) is 4.54. The molecule has 0 atom stereocenters. The molecule has 1 saturated heterocycles. The Bertz CT molecular complexity index is 797. The summed E-state index contributed by atoms with van der Waals surface area (Å²) in [6, 6.07) is 6.37. The highest BCUT2D eigenvalue weighted by molar-refractivity contribution is 14.0. The number of guanidine groups is 1. The summed E-state index contributed by atoms with van der Waals surface area (Å²) >= 11 is 0. The van der Waals surface area contributed by atoms with Crippen molar-refractivity contribution in [1.82, 2.24) is 19.8 Å². The summed E-state index contributed by atoms with van der Waals surface area (Å²) in [6.45, 7) is 1.92. The summed E-state index contributed by atoms with van der Waals surface area (Å²) in [5.41, 5.74) is 0.957. The molecule has 1 aromatic carbocycles. The van der Waals surface area contributed by atoms with Gasteiger partial charge in [0.1, 0.15) is 18.2 Å². The number of nitrogens with one attached hydrogen (secondary N) is 1. The van der Waals surface area contributed by atoms with Crippen LogP contribution < -0.4 is 10.2 Å². The summed E-state index contributed by atoms with van der Waals surface area (Å²) in [5.74, 6) is 0.639. The lowest BCUT2D eigenvalue weighted by atomic mass is 10.2. The fourth-order valence-electron chi connectivity index (χ4n) is 3.16. The molecule has 29 heavy (non-hydrogen) atoms. The highest BCUT2D eigenvalue weighted by Crippen LogP contribution is 2.19. The molecule has 0 aliphatic carbocycles. The van der Waals surface area contributed by atoms with E-state index in [9.17, 15) is 17.6 Å². The number of aliphatic imine (C=N–C) groups is 1. The summed E-state index contributed by atoms with van der Waals surface area (Å²) in [5, 5.41) is 3.09. The Morgan fingerprint density at radius 2 is 1.79 bits per heavy atom. The monoisotopic (exact) mass is 526 g/mol. The zero-order chi connectivity index (χ0) is 20.1. The first kappa shape index (κ1) is 23.2. The van der Waals surface area contributed by atoms with Crippen molar-refractivity contribution < 1.29 is 17.6 Å². The average Bonchev–Trinajstić information content (AvgIpc) is 3.08. The van der Waals surface area contributed by atoms with Crippen LogP contribution in [0, 0.1) is 5.82 Å². The molecule has 0 unspecified atom stereocenters. The SMILES string of the molecule is CN=C(NCc1nccn1CC(F)(F)F)N1CCN(c2ccc(F)cc2)CC1.I. The van der Waals surface area contributed by atoms with Gasteiger partial charge in [-0.3, -0.25) is 4.99 Å². The molecule has 160 valence electrons. The van der Waals surface area contributed by atoms with Gasteiger partial charge in [0, 0.05) is 51.3 Å².